The summed E-state index contributed by atoms with van der Waals surface area (Å²) in [6.07, 6.45) is 1.48. The van der Waals surface area contributed by atoms with E-state index in [0.29, 0.717) is 38.1 Å². The number of hydrogen-bond donors (Lipinski definition) is 3. The van der Waals surface area contributed by atoms with Crippen LogP contribution in [0.5, 0.6) is 5.75 Å². The van der Waals surface area contributed by atoms with Crippen LogP contribution < -0.4 is 79.8 Å². The zero-order chi connectivity index (χ0) is 38.5. The molecule has 4 rings (SSSR count). The molecule has 3 aromatic carbocycles. The molecule has 0 bridgehead atoms. The Bertz CT molecular complexity index is 1670. The number of hydrogen-bond acceptors (Lipinski definition) is 6. The molecule has 0 aliphatic carbocycles. The maximum atomic E-state index is 14.2. The van der Waals surface area contributed by atoms with Crippen molar-refractivity contribution in [3.63, 3.8) is 0 Å². The molecule has 0 saturated carbocycles. The molecule has 1 aliphatic rings. The molecule has 3 N–H and O–H groups in total. The fraction of sp³-hybridized carbons (Fsp3) is 0.488. The number of amides is 4. The van der Waals surface area contributed by atoms with Crippen LogP contribution in [0.3, 0.4) is 0 Å². The molecular formula is C43H60N4Na2O6. The van der Waals surface area contributed by atoms with Gasteiger partial charge in [0.1, 0.15) is 17.9 Å². The van der Waals surface area contributed by atoms with Crippen molar-refractivity contribution in [1.29, 1.82) is 0 Å². The molecule has 1 fully saturated rings. The van der Waals surface area contributed by atoms with Gasteiger partial charge in [-0.25, -0.2) is 4.79 Å². The number of rotatable bonds is 18. The molecule has 10 nitrogen and oxygen atoms in total. The average molecular weight is 775 g/mol. The number of para-hydroxylation sites is 1. The molecule has 0 aromatic heterocycles. The van der Waals surface area contributed by atoms with Crippen LogP contribution in [0.15, 0.2) is 78.9 Å². The van der Waals surface area contributed by atoms with Gasteiger partial charge in [0.25, 0.3) is 5.91 Å². The summed E-state index contributed by atoms with van der Waals surface area (Å²) < 4.78 is 12.4. The van der Waals surface area contributed by atoms with Crippen molar-refractivity contribution in [3.05, 3.63) is 101 Å². The monoisotopic (exact) mass is 774 g/mol. The molecule has 12 heteroatoms. The number of ether oxygens (including phenoxy) is 2. The van der Waals surface area contributed by atoms with Crippen LogP contribution >= 0.6 is 0 Å². The second kappa shape index (κ2) is 23.4. The van der Waals surface area contributed by atoms with Gasteiger partial charge in [-0.15, -0.1) is 0 Å². The van der Waals surface area contributed by atoms with Crippen LogP contribution in [0.4, 0.5) is 4.79 Å². The minimum Gasteiger partial charge on any atom is -1.00 e. The molecule has 0 unspecified atom stereocenters. The first kappa shape index (κ1) is 48.3. The number of benzene rings is 3. The molecule has 0 radical (unpaired) electrons. The van der Waals surface area contributed by atoms with Crippen LogP contribution in [-0.4, -0.2) is 72.6 Å². The number of nitrogens with one attached hydrogen (secondary N) is 3. The average Bonchev–Trinajstić information content (AvgIpc) is 3.12. The summed E-state index contributed by atoms with van der Waals surface area (Å²) in [5.74, 6) is -0.523. The van der Waals surface area contributed by atoms with Crippen molar-refractivity contribution in [2.75, 3.05) is 19.7 Å². The van der Waals surface area contributed by atoms with E-state index < -0.39 is 29.6 Å². The van der Waals surface area contributed by atoms with Crippen LogP contribution in [0, 0.1) is 25.2 Å². The van der Waals surface area contributed by atoms with Gasteiger partial charge in [0.15, 0.2) is 6.61 Å². The van der Waals surface area contributed by atoms with E-state index >= 15 is 0 Å². The van der Waals surface area contributed by atoms with E-state index in [9.17, 15) is 19.2 Å². The minimum atomic E-state index is -0.831. The van der Waals surface area contributed by atoms with E-state index in [4.69, 9.17) is 9.47 Å². The van der Waals surface area contributed by atoms with Gasteiger partial charge < -0.3 is 33.2 Å². The Hall–Kier alpha value is -2.86. The Labute approximate surface area is 375 Å². The molecule has 290 valence electrons. The fourth-order valence-corrected chi connectivity index (χ4v) is 6.67. The van der Waals surface area contributed by atoms with Crippen molar-refractivity contribution in [2.45, 2.75) is 105 Å². The SMILES string of the molecule is CCC(C)(C)C(=O)O[C@@H](C[C@@H](Cc1ccccc1)NC(=O)[C@H](C(C)C)N1CCCNC1=O)[C@H](Cc1ccccc1)NC(=O)COc1c(C)cccc1C.[H-].[H-].[Na+].[Na+]. The van der Waals surface area contributed by atoms with Crippen molar-refractivity contribution < 1.29 is 90.6 Å². The zero-order valence-corrected chi connectivity index (χ0v) is 38.4. The molecule has 0 spiro atoms. The van der Waals surface area contributed by atoms with Crippen molar-refractivity contribution in [1.82, 2.24) is 20.9 Å². The van der Waals surface area contributed by atoms with E-state index in [1.165, 1.54) is 0 Å². The standard InChI is InChI=1S/C43H58N4O6.2Na.2H/c1-8-43(6,7)41(50)53-36(35(26-33-21-13-10-14-22-33)46-37(48)28-52-39-30(4)17-15-18-31(39)5)27-34(25-32-19-11-9-12-20-32)45-40(49)38(29(2)3)47-24-16-23-44-42(47)51;;;;/h9-15,17-22,29,34-36,38H,8,16,23-28H2,1-7H3,(H,44,51)(H,45,49)(H,46,48);;;;/q;2*+1;2*-1/t34-,35+,36+,38+;;;;/m1..../s1. The second-order valence-electron chi connectivity index (χ2n) is 15.2. The van der Waals surface area contributed by atoms with Gasteiger partial charge >= 0.3 is 71.1 Å². The van der Waals surface area contributed by atoms with Gasteiger partial charge in [0.05, 0.1) is 11.5 Å². The molecule has 4 atom stereocenters. The second-order valence-corrected chi connectivity index (χ2v) is 15.2. The predicted octanol–water partition coefficient (Wildman–Crippen LogP) is 0.548. The van der Waals surface area contributed by atoms with Gasteiger partial charge in [0, 0.05) is 25.6 Å². The number of carbonyl (C=O) groups excluding carboxylic acids is 4. The first-order valence-corrected chi connectivity index (χ1v) is 18.9. The third-order valence-electron chi connectivity index (χ3n) is 10.1. The van der Waals surface area contributed by atoms with E-state index in [2.05, 4.69) is 16.0 Å². The summed E-state index contributed by atoms with van der Waals surface area (Å²) in [6, 6.07) is 23.2. The van der Waals surface area contributed by atoms with Gasteiger partial charge in [-0.05, 0) is 81.5 Å². The number of carbonyl (C=O) groups is 4. The summed E-state index contributed by atoms with van der Waals surface area (Å²) in [4.78, 5) is 56.3. The first-order valence-electron chi connectivity index (χ1n) is 18.9. The summed E-state index contributed by atoms with van der Waals surface area (Å²) >= 11 is 0. The number of esters is 1. The van der Waals surface area contributed by atoms with Crippen molar-refractivity contribution >= 4 is 23.8 Å². The molecular weight excluding hydrogens is 714 g/mol. The van der Waals surface area contributed by atoms with Gasteiger partial charge in [-0.1, -0.05) is 99.6 Å². The first-order chi connectivity index (χ1) is 25.3. The Morgan fingerprint density at radius 3 is 2.00 bits per heavy atom. The van der Waals surface area contributed by atoms with Crippen LogP contribution in [0.1, 0.15) is 79.0 Å². The molecule has 4 amide bonds. The predicted molar refractivity (Wildman–Crippen MR) is 210 cm³/mol. The quantitative estimate of drug-likeness (QED) is 0.128. The normalized spacial score (nSPS) is 14.9. The van der Waals surface area contributed by atoms with Crippen molar-refractivity contribution in [3.8, 4) is 5.75 Å². The summed E-state index contributed by atoms with van der Waals surface area (Å²) in [6.45, 7) is 14.2. The summed E-state index contributed by atoms with van der Waals surface area (Å²) in [5.41, 5.74) is 3.00. The fourth-order valence-electron chi connectivity index (χ4n) is 6.67. The molecule has 1 aliphatic heterocycles. The van der Waals surface area contributed by atoms with Gasteiger partial charge in [-0.3, -0.25) is 14.4 Å². The van der Waals surface area contributed by atoms with Crippen LogP contribution in [0.25, 0.3) is 0 Å². The number of urea groups is 1. The maximum Gasteiger partial charge on any atom is 1.00 e. The Kier molecular flexibility index (Phi) is 20.5. The maximum absolute atomic E-state index is 14.2. The van der Waals surface area contributed by atoms with Crippen molar-refractivity contribution in [2.24, 2.45) is 11.3 Å². The molecule has 1 heterocycles. The largest absolute Gasteiger partial charge is 1.00 e. The van der Waals surface area contributed by atoms with E-state index in [1.54, 1.807) is 4.90 Å². The number of aryl methyl sites for hydroxylation is 2. The molecule has 3 aromatic rings. The van der Waals surface area contributed by atoms with Crippen LogP contribution in [-0.2, 0) is 32.0 Å². The van der Waals surface area contributed by atoms with Gasteiger partial charge in [0.2, 0.25) is 5.91 Å². The third-order valence-corrected chi connectivity index (χ3v) is 10.1. The minimum absolute atomic E-state index is 0. The smallest absolute Gasteiger partial charge is 1.00 e. The molecule has 55 heavy (non-hydrogen) atoms. The topological polar surface area (TPSA) is 126 Å². The van der Waals surface area contributed by atoms with Crippen LogP contribution in [0.2, 0.25) is 0 Å². The Morgan fingerprint density at radius 1 is 0.873 bits per heavy atom. The number of nitrogens with zero attached hydrogens (tertiary/aromatic N) is 1. The van der Waals surface area contributed by atoms with E-state index in [0.717, 1.165) is 28.7 Å². The third kappa shape index (κ3) is 14.5. The zero-order valence-electron chi connectivity index (χ0n) is 36.4. The van der Waals surface area contributed by atoms with E-state index in [1.807, 2.05) is 127 Å². The molecule has 1 saturated heterocycles. The summed E-state index contributed by atoms with van der Waals surface area (Å²) in [7, 11) is 0. The Morgan fingerprint density at radius 2 is 1.45 bits per heavy atom. The van der Waals surface area contributed by atoms with E-state index in [-0.39, 0.29) is 105 Å². The Balaban J connectivity index is 0.00000784. The summed E-state index contributed by atoms with van der Waals surface area (Å²) in [5, 5.41) is 9.29. The van der Waals surface area contributed by atoms with Gasteiger partial charge in [-0.2, -0.15) is 0 Å².